The zero-order valence-electron chi connectivity index (χ0n) is 12.9. The number of nitrogens with zero attached hydrogens (tertiary/aromatic N) is 1. The maximum Gasteiger partial charge on any atom is 0.573 e. The second kappa shape index (κ2) is 6.16. The summed E-state index contributed by atoms with van der Waals surface area (Å²) in [4.78, 5) is 12.4. The van der Waals surface area contributed by atoms with Crippen LogP contribution >= 0.6 is 0 Å². The zero-order chi connectivity index (χ0) is 18.2. The Kier molecular flexibility index (Phi) is 4.17. The standard InChI is InChI=1S/C17H13F3N2O3/c18-17(19,20)25-10-6-4-9(5-7-10)14-11(8-21)16(22)24-13-3-1-2-12(23)15(13)14/h4-7,14H,1-3,22H2/t14-/m1/s1. The van der Waals surface area contributed by atoms with E-state index in [-0.39, 0.29) is 23.0 Å². The smallest absolute Gasteiger partial charge is 0.444 e. The first-order valence-electron chi connectivity index (χ1n) is 7.49. The number of carbonyl (C=O) groups is 1. The molecule has 0 saturated carbocycles. The normalized spacial score (nSPS) is 20.7. The first-order valence-corrected chi connectivity index (χ1v) is 7.49. The van der Waals surface area contributed by atoms with Gasteiger partial charge in [0.2, 0.25) is 5.88 Å². The Balaban J connectivity index is 2.02. The molecule has 1 atom stereocenters. The number of alkyl halides is 3. The second-order valence-electron chi connectivity index (χ2n) is 5.66. The average Bonchev–Trinajstić information content (AvgIpc) is 2.53. The molecule has 2 N–H and O–H groups in total. The van der Waals surface area contributed by atoms with E-state index in [1.165, 1.54) is 12.1 Å². The predicted octanol–water partition coefficient (Wildman–Crippen LogP) is 3.40. The molecule has 0 radical (unpaired) electrons. The fourth-order valence-electron chi connectivity index (χ4n) is 3.05. The SMILES string of the molecule is N#CC1=C(N)OC2=C(C(=O)CCC2)[C@@H]1c1ccc(OC(F)(F)F)cc1. The molecular formula is C17H13F3N2O3. The number of carbonyl (C=O) groups excluding carboxylic acids is 1. The highest BCUT2D eigenvalue weighted by Gasteiger charge is 2.38. The van der Waals surface area contributed by atoms with E-state index in [9.17, 15) is 23.2 Å². The summed E-state index contributed by atoms with van der Waals surface area (Å²) in [5.41, 5.74) is 6.69. The molecule has 0 fully saturated rings. The van der Waals surface area contributed by atoms with Crippen LogP contribution in [-0.2, 0) is 9.53 Å². The van der Waals surface area contributed by atoms with Crippen LogP contribution in [0, 0.1) is 11.3 Å². The minimum atomic E-state index is -4.79. The van der Waals surface area contributed by atoms with Gasteiger partial charge in [0.25, 0.3) is 0 Å². The molecule has 0 saturated heterocycles. The van der Waals surface area contributed by atoms with Gasteiger partial charge in [-0.05, 0) is 24.1 Å². The Bertz CT molecular complexity index is 817. The van der Waals surface area contributed by atoms with Crippen LogP contribution in [0.1, 0.15) is 30.7 Å². The fraction of sp³-hybridized carbons (Fsp3) is 0.294. The lowest BCUT2D eigenvalue weighted by molar-refractivity contribution is -0.274. The monoisotopic (exact) mass is 350 g/mol. The van der Waals surface area contributed by atoms with Crippen LogP contribution in [-0.4, -0.2) is 12.1 Å². The van der Waals surface area contributed by atoms with Gasteiger partial charge in [-0.1, -0.05) is 12.1 Å². The van der Waals surface area contributed by atoms with Crippen LogP contribution in [0.5, 0.6) is 5.75 Å². The lowest BCUT2D eigenvalue weighted by Crippen LogP contribution is -2.27. The molecular weight excluding hydrogens is 337 g/mol. The van der Waals surface area contributed by atoms with E-state index in [1.54, 1.807) is 0 Å². The first kappa shape index (κ1) is 16.9. The molecule has 0 unspecified atom stereocenters. The van der Waals surface area contributed by atoms with Gasteiger partial charge in [-0.2, -0.15) is 5.26 Å². The average molecular weight is 350 g/mol. The molecule has 0 bridgehead atoms. The van der Waals surface area contributed by atoms with Crippen molar-refractivity contribution in [3.63, 3.8) is 0 Å². The fourth-order valence-corrected chi connectivity index (χ4v) is 3.05. The van der Waals surface area contributed by atoms with E-state index in [4.69, 9.17) is 10.5 Å². The third-order valence-corrected chi connectivity index (χ3v) is 4.05. The van der Waals surface area contributed by atoms with Crippen molar-refractivity contribution in [2.45, 2.75) is 31.5 Å². The van der Waals surface area contributed by atoms with Gasteiger partial charge in [0.15, 0.2) is 5.78 Å². The van der Waals surface area contributed by atoms with Gasteiger partial charge in [0, 0.05) is 18.4 Å². The van der Waals surface area contributed by atoms with E-state index in [1.807, 2.05) is 6.07 Å². The number of ether oxygens (including phenoxy) is 2. The topological polar surface area (TPSA) is 85.3 Å². The molecule has 1 aromatic carbocycles. The van der Waals surface area contributed by atoms with Crippen LogP contribution in [0.25, 0.3) is 0 Å². The Morgan fingerprint density at radius 1 is 1.24 bits per heavy atom. The van der Waals surface area contributed by atoms with Gasteiger partial charge < -0.3 is 15.2 Å². The Labute approximate surface area is 141 Å². The molecule has 1 aliphatic carbocycles. The van der Waals surface area contributed by atoms with Crippen LogP contribution in [0.3, 0.4) is 0 Å². The molecule has 5 nitrogen and oxygen atoms in total. The summed E-state index contributed by atoms with van der Waals surface area (Å²) < 4.78 is 46.1. The van der Waals surface area contributed by atoms with Crippen molar-refractivity contribution in [1.29, 1.82) is 5.26 Å². The second-order valence-corrected chi connectivity index (χ2v) is 5.66. The van der Waals surface area contributed by atoms with E-state index in [2.05, 4.69) is 4.74 Å². The molecule has 1 aromatic rings. The predicted molar refractivity (Wildman–Crippen MR) is 79.7 cm³/mol. The number of nitriles is 1. The first-order chi connectivity index (χ1) is 11.8. The highest BCUT2D eigenvalue weighted by molar-refractivity contribution is 5.99. The molecule has 0 amide bonds. The third-order valence-electron chi connectivity index (χ3n) is 4.05. The van der Waals surface area contributed by atoms with Crippen molar-refractivity contribution >= 4 is 5.78 Å². The van der Waals surface area contributed by atoms with Crippen LogP contribution < -0.4 is 10.5 Å². The number of rotatable bonds is 2. The number of allylic oxidation sites excluding steroid dienone is 3. The Hall–Kier alpha value is -2.95. The number of benzene rings is 1. The number of ketones is 1. The number of nitrogens with two attached hydrogens (primary N) is 1. The number of Topliss-reactive ketones (excluding diaryl/α,β-unsaturated/α-hetero) is 1. The van der Waals surface area contributed by atoms with Crippen molar-refractivity contribution in [1.82, 2.24) is 0 Å². The molecule has 1 heterocycles. The summed E-state index contributed by atoms with van der Waals surface area (Å²) >= 11 is 0. The highest BCUT2D eigenvalue weighted by atomic mass is 19.4. The summed E-state index contributed by atoms with van der Waals surface area (Å²) in [7, 11) is 0. The number of halogens is 3. The highest BCUT2D eigenvalue weighted by Crippen LogP contribution is 2.43. The summed E-state index contributed by atoms with van der Waals surface area (Å²) in [6, 6.07) is 6.98. The summed E-state index contributed by atoms with van der Waals surface area (Å²) in [5, 5.41) is 9.40. The molecule has 8 heteroatoms. The molecule has 130 valence electrons. The van der Waals surface area contributed by atoms with Crippen molar-refractivity contribution in [3.8, 4) is 11.8 Å². The summed E-state index contributed by atoms with van der Waals surface area (Å²) in [5.74, 6) is -0.948. The van der Waals surface area contributed by atoms with E-state index in [0.717, 1.165) is 12.1 Å². The van der Waals surface area contributed by atoms with Crippen LogP contribution in [0.2, 0.25) is 0 Å². The molecule has 3 rings (SSSR count). The van der Waals surface area contributed by atoms with Gasteiger partial charge in [0.1, 0.15) is 23.2 Å². The third kappa shape index (κ3) is 3.31. The zero-order valence-corrected chi connectivity index (χ0v) is 12.9. The maximum absolute atomic E-state index is 12.4. The number of hydrogen-bond donors (Lipinski definition) is 1. The largest absolute Gasteiger partial charge is 0.573 e. The van der Waals surface area contributed by atoms with Crippen molar-refractivity contribution < 1.29 is 27.4 Å². The lowest BCUT2D eigenvalue weighted by Gasteiger charge is -2.31. The minimum Gasteiger partial charge on any atom is -0.444 e. The van der Waals surface area contributed by atoms with E-state index >= 15 is 0 Å². The summed E-state index contributed by atoms with van der Waals surface area (Å²) in [6.07, 6.45) is -3.33. The minimum absolute atomic E-state index is 0.0680. The molecule has 25 heavy (non-hydrogen) atoms. The van der Waals surface area contributed by atoms with Gasteiger partial charge in [0.05, 0.1) is 5.92 Å². The van der Waals surface area contributed by atoms with Gasteiger partial charge >= 0.3 is 6.36 Å². The van der Waals surface area contributed by atoms with Crippen LogP contribution in [0.15, 0.2) is 47.1 Å². The Morgan fingerprint density at radius 3 is 2.52 bits per heavy atom. The number of hydrogen-bond acceptors (Lipinski definition) is 5. The van der Waals surface area contributed by atoms with Gasteiger partial charge in [-0.25, -0.2) is 0 Å². The molecule has 0 aromatic heterocycles. The van der Waals surface area contributed by atoms with E-state index in [0.29, 0.717) is 36.2 Å². The van der Waals surface area contributed by atoms with E-state index < -0.39 is 12.3 Å². The van der Waals surface area contributed by atoms with Crippen LogP contribution in [0.4, 0.5) is 13.2 Å². The Morgan fingerprint density at radius 2 is 1.92 bits per heavy atom. The quantitative estimate of drug-likeness (QED) is 0.883. The van der Waals surface area contributed by atoms with Crippen molar-refractivity contribution in [2.75, 3.05) is 0 Å². The van der Waals surface area contributed by atoms with Gasteiger partial charge in [-0.3, -0.25) is 4.79 Å². The van der Waals surface area contributed by atoms with Gasteiger partial charge in [-0.15, -0.1) is 13.2 Å². The lowest BCUT2D eigenvalue weighted by atomic mass is 9.77. The van der Waals surface area contributed by atoms with Crippen molar-refractivity contribution in [2.24, 2.45) is 5.73 Å². The molecule has 0 spiro atoms. The van der Waals surface area contributed by atoms with Crippen molar-refractivity contribution in [3.05, 3.63) is 52.6 Å². The molecule has 1 aliphatic heterocycles. The molecule has 2 aliphatic rings. The summed E-state index contributed by atoms with van der Waals surface area (Å²) in [6.45, 7) is 0. The maximum atomic E-state index is 12.4.